The van der Waals surface area contributed by atoms with E-state index in [2.05, 4.69) is 14.9 Å². The van der Waals surface area contributed by atoms with Crippen molar-refractivity contribution in [2.45, 2.75) is 21.1 Å². The maximum absolute atomic E-state index is 12.0. The van der Waals surface area contributed by atoms with Crippen molar-refractivity contribution < 1.29 is 8.42 Å². The molecule has 0 atom stereocenters. The van der Waals surface area contributed by atoms with E-state index in [4.69, 9.17) is 5.73 Å². The Morgan fingerprint density at radius 2 is 2.11 bits per heavy atom. The molecule has 0 saturated carbocycles. The Labute approximate surface area is 119 Å². The summed E-state index contributed by atoms with van der Waals surface area (Å²) < 4.78 is 26.9. The molecule has 1 heterocycles. The van der Waals surface area contributed by atoms with E-state index in [1.54, 1.807) is 12.1 Å². The van der Waals surface area contributed by atoms with Gasteiger partial charge in [-0.15, -0.1) is 10.2 Å². The number of aromatic nitrogens is 2. The zero-order valence-electron chi connectivity index (χ0n) is 10.2. The summed E-state index contributed by atoms with van der Waals surface area (Å²) in [5, 5.41) is 8.70. The van der Waals surface area contributed by atoms with E-state index in [0.717, 1.165) is 5.01 Å². The van der Waals surface area contributed by atoms with Gasteiger partial charge in [0.05, 0.1) is 4.90 Å². The lowest BCUT2D eigenvalue weighted by atomic mass is 10.3. The average Bonchev–Trinajstić information content (AvgIpc) is 2.77. The number of aryl methyl sites for hydroxylation is 1. The molecule has 3 N–H and O–H groups in total. The minimum Gasteiger partial charge on any atom is -0.399 e. The van der Waals surface area contributed by atoms with Crippen LogP contribution in [-0.2, 0) is 10.0 Å². The fraction of sp³-hybridized carbons (Fsp3) is 0.200. The summed E-state index contributed by atoms with van der Waals surface area (Å²) in [5.41, 5.74) is 6.04. The number of hydrogen-bond acceptors (Lipinski definition) is 7. The average molecular weight is 316 g/mol. The third kappa shape index (κ3) is 3.24. The first-order chi connectivity index (χ1) is 8.92. The minimum absolute atomic E-state index is 0.146. The highest BCUT2D eigenvalue weighted by Gasteiger charge is 2.18. The van der Waals surface area contributed by atoms with E-state index in [0.29, 0.717) is 14.9 Å². The molecule has 102 valence electrons. The predicted octanol–water partition coefficient (Wildman–Crippen LogP) is 1.49. The van der Waals surface area contributed by atoms with Crippen molar-refractivity contribution in [1.29, 1.82) is 0 Å². The van der Waals surface area contributed by atoms with Gasteiger partial charge in [0, 0.05) is 10.6 Å². The monoisotopic (exact) mass is 316 g/mol. The van der Waals surface area contributed by atoms with Crippen LogP contribution in [0.2, 0.25) is 0 Å². The fourth-order valence-electron chi connectivity index (χ4n) is 1.34. The Hall–Kier alpha value is -1.16. The Morgan fingerprint density at radius 1 is 1.37 bits per heavy atom. The van der Waals surface area contributed by atoms with Gasteiger partial charge in [-0.25, -0.2) is 13.1 Å². The minimum atomic E-state index is -3.56. The van der Waals surface area contributed by atoms with Crippen molar-refractivity contribution in [2.24, 2.45) is 0 Å². The molecule has 0 radical (unpaired) electrons. The summed E-state index contributed by atoms with van der Waals surface area (Å²) in [5.74, 6) is 0. The summed E-state index contributed by atoms with van der Waals surface area (Å²) in [6.45, 7) is 1.84. The van der Waals surface area contributed by atoms with Crippen molar-refractivity contribution in [2.75, 3.05) is 12.8 Å². The van der Waals surface area contributed by atoms with Gasteiger partial charge in [0.1, 0.15) is 5.01 Å². The molecule has 0 fully saturated rings. The van der Waals surface area contributed by atoms with Crippen LogP contribution in [0.3, 0.4) is 0 Å². The molecule has 0 spiro atoms. The SMILES string of the molecule is CNS(=O)(=O)c1cc(N)ccc1Sc1nnc(C)s1. The highest BCUT2D eigenvalue weighted by atomic mass is 32.2. The van der Waals surface area contributed by atoms with Crippen molar-refractivity contribution >= 4 is 38.8 Å². The number of anilines is 1. The van der Waals surface area contributed by atoms with E-state index in [9.17, 15) is 8.42 Å². The number of hydrogen-bond donors (Lipinski definition) is 2. The number of sulfonamides is 1. The first-order valence-corrected chi connectivity index (χ1v) is 8.35. The second-order valence-electron chi connectivity index (χ2n) is 3.60. The summed E-state index contributed by atoms with van der Waals surface area (Å²) in [4.78, 5) is 0.715. The quantitative estimate of drug-likeness (QED) is 0.829. The van der Waals surface area contributed by atoms with Gasteiger partial charge >= 0.3 is 0 Å². The highest BCUT2D eigenvalue weighted by Crippen LogP contribution is 2.35. The van der Waals surface area contributed by atoms with Crippen molar-refractivity contribution in [3.8, 4) is 0 Å². The maximum Gasteiger partial charge on any atom is 0.241 e. The van der Waals surface area contributed by atoms with Gasteiger partial charge in [-0.3, -0.25) is 0 Å². The Morgan fingerprint density at radius 3 is 2.68 bits per heavy atom. The zero-order valence-corrected chi connectivity index (χ0v) is 12.7. The van der Waals surface area contributed by atoms with Crippen LogP contribution in [0, 0.1) is 6.92 Å². The van der Waals surface area contributed by atoms with Crippen molar-refractivity contribution in [3.63, 3.8) is 0 Å². The Kier molecular flexibility index (Phi) is 4.09. The molecule has 1 aromatic heterocycles. The van der Waals surface area contributed by atoms with Gasteiger partial charge in [0.2, 0.25) is 10.0 Å². The molecule has 9 heteroatoms. The maximum atomic E-state index is 12.0. The molecule has 0 aliphatic carbocycles. The molecule has 19 heavy (non-hydrogen) atoms. The van der Waals surface area contributed by atoms with Crippen LogP contribution >= 0.6 is 23.1 Å². The molecule has 1 aromatic carbocycles. The number of benzene rings is 1. The lowest BCUT2D eigenvalue weighted by molar-refractivity contribution is 0.586. The number of nitrogen functional groups attached to an aromatic ring is 1. The molecule has 2 rings (SSSR count). The molecular weight excluding hydrogens is 304 g/mol. The third-order valence-electron chi connectivity index (χ3n) is 2.23. The van der Waals surface area contributed by atoms with E-state index in [1.165, 1.54) is 36.2 Å². The largest absolute Gasteiger partial charge is 0.399 e. The topological polar surface area (TPSA) is 98.0 Å². The normalized spacial score (nSPS) is 11.7. The first kappa shape index (κ1) is 14.3. The van der Waals surface area contributed by atoms with Gasteiger partial charge in [0.15, 0.2) is 4.34 Å². The van der Waals surface area contributed by atoms with Crippen LogP contribution in [0.15, 0.2) is 32.3 Å². The van der Waals surface area contributed by atoms with E-state index in [1.807, 2.05) is 6.92 Å². The summed E-state index contributed by atoms with van der Waals surface area (Å²) >= 11 is 2.66. The lowest BCUT2D eigenvalue weighted by Gasteiger charge is -2.08. The van der Waals surface area contributed by atoms with Gasteiger partial charge in [0.25, 0.3) is 0 Å². The molecule has 0 amide bonds. The molecule has 0 unspecified atom stereocenters. The lowest BCUT2D eigenvalue weighted by Crippen LogP contribution is -2.19. The zero-order chi connectivity index (χ0) is 14.0. The van der Waals surface area contributed by atoms with Crippen LogP contribution in [-0.4, -0.2) is 25.7 Å². The van der Waals surface area contributed by atoms with Gasteiger partial charge < -0.3 is 5.73 Å². The second kappa shape index (κ2) is 5.45. The van der Waals surface area contributed by atoms with E-state index >= 15 is 0 Å². The smallest absolute Gasteiger partial charge is 0.241 e. The summed E-state index contributed by atoms with van der Waals surface area (Å²) in [6, 6.07) is 4.76. The summed E-state index contributed by atoms with van der Waals surface area (Å²) in [6.07, 6.45) is 0. The predicted molar refractivity (Wildman–Crippen MR) is 75.9 cm³/mol. The van der Waals surface area contributed by atoms with Gasteiger partial charge in [-0.2, -0.15) is 0 Å². The Balaban J connectivity index is 2.46. The molecule has 0 aliphatic heterocycles. The number of nitrogens with two attached hydrogens (primary N) is 1. The second-order valence-corrected chi connectivity index (χ2v) is 7.93. The van der Waals surface area contributed by atoms with Gasteiger partial charge in [-0.1, -0.05) is 23.1 Å². The van der Waals surface area contributed by atoms with Crippen LogP contribution in [0.1, 0.15) is 5.01 Å². The molecule has 0 bridgehead atoms. The standard InChI is InChI=1S/C10H12N4O2S3/c1-6-13-14-10(17-6)18-8-4-3-7(11)5-9(8)19(15,16)12-2/h3-5,12H,11H2,1-2H3. The number of nitrogens with zero attached hydrogens (tertiary/aromatic N) is 2. The van der Waals surface area contributed by atoms with Crippen LogP contribution in [0.5, 0.6) is 0 Å². The highest BCUT2D eigenvalue weighted by molar-refractivity contribution is 8.01. The summed E-state index contributed by atoms with van der Waals surface area (Å²) in [7, 11) is -2.20. The van der Waals surface area contributed by atoms with E-state index in [-0.39, 0.29) is 4.90 Å². The van der Waals surface area contributed by atoms with Crippen molar-refractivity contribution in [3.05, 3.63) is 23.2 Å². The third-order valence-corrected chi connectivity index (χ3v) is 5.78. The fourth-order valence-corrected chi connectivity index (χ4v) is 4.42. The van der Waals surface area contributed by atoms with Crippen LogP contribution in [0.25, 0.3) is 0 Å². The number of nitrogens with one attached hydrogen (secondary N) is 1. The Bertz CT molecular complexity index is 697. The molecule has 0 aliphatic rings. The molecule has 6 nitrogen and oxygen atoms in total. The van der Waals surface area contributed by atoms with E-state index < -0.39 is 10.0 Å². The first-order valence-electron chi connectivity index (χ1n) is 5.23. The molecular formula is C10H12N4O2S3. The van der Waals surface area contributed by atoms with Crippen molar-refractivity contribution in [1.82, 2.24) is 14.9 Å². The molecule has 2 aromatic rings. The van der Waals surface area contributed by atoms with Crippen LogP contribution < -0.4 is 10.5 Å². The van der Waals surface area contributed by atoms with Gasteiger partial charge in [-0.05, 0) is 32.2 Å². The number of rotatable bonds is 4. The molecule has 0 saturated heterocycles. The van der Waals surface area contributed by atoms with Crippen LogP contribution in [0.4, 0.5) is 5.69 Å².